The fourth-order valence-corrected chi connectivity index (χ4v) is 3.16. The first kappa shape index (κ1) is 21.9. The van der Waals surface area contributed by atoms with E-state index >= 15 is 0 Å². The third-order valence-electron chi connectivity index (χ3n) is 4.85. The molecule has 4 heterocycles. The van der Waals surface area contributed by atoms with Crippen LogP contribution in [-0.2, 0) is 6.42 Å². The number of hydrogen-bond acceptors (Lipinski definition) is 8. The van der Waals surface area contributed by atoms with Gasteiger partial charge in [0, 0.05) is 48.5 Å². The first-order chi connectivity index (χ1) is 16.0. The topological polar surface area (TPSA) is 114 Å². The van der Waals surface area contributed by atoms with E-state index in [4.69, 9.17) is 4.74 Å². The molecule has 9 heteroatoms. The molecular formula is C24H24N8O. The predicted molar refractivity (Wildman–Crippen MR) is 124 cm³/mol. The predicted octanol–water partition coefficient (Wildman–Crippen LogP) is 4.34. The number of pyridine rings is 2. The molecule has 0 aliphatic heterocycles. The van der Waals surface area contributed by atoms with Gasteiger partial charge in [-0.1, -0.05) is 6.07 Å². The summed E-state index contributed by atoms with van der Waals surface area (Å²) >= 11 is 0. The number of hydrogen-bond donors (Lipinski definition) is 1. The zero-order valence-corrected chi connectivity index (χ0v) is 18.7. The summed E-state index contributed by atoms with van der Waals surface area (Å²) in [4.78, 5) is 17.6. The average molecular weight is 441 g/mol. The Hall–Kier alpha value is -4.32. The van der Waals surface area contributed by atoms with Crippen LogP contribution >= 0.6 is 0 Å². The van der Waals surface area contributed by atoms with E-state index in [-0.39, 0.29) is 18.0 Å². The zero-order chi connectivity index (χ0) is 23.2. The number of nitrogens with one attached hydrogen (secondary N) is 1. The summed E-state index contributed by atoms with van der Waals surface area (Å²) in [6, 6.07) is 11.6. The van der Waals surface area contributed by atoms with Crippen molar-refractivity contribution in [3.05, 3.63) is 72.6 Å². The Labute approximate surface area is 192 Å². The summed E-state index contributed by atoms with van der Waals surface area (Å²) in [5.41, 5.74) is 3.42. The lowest BCUT2D eigenvalue weighted by molar-refractivity contribution is 0.211. The molecule has 9 nitrogen and oxygen atoms in total. The van der Waals surface area contributed by atoms with Crippen LogP contribution in [0.5, 0.6) is 5.88 Å². The van der Waals surface area contributed by atoms with Gasteiger partial charge in [-0.15, -0.1) is 0 Å². The highest BCUT2D eigenvalue weighted by Gasteiger charge is 2.14. The number of nitriles is 1. The lowest BCUT2D eigenvalue weighted by Crippen LogP contribution is -2.17. The molecule has 4 aromatic heterocycles. The fraction of sp³-hybridized carbons (Fsp3) is 0.250. The number of anilines is 2. The second-order valence-corrected chi connectivity index (χ2v) is 7.84. The van der Waals surface area contributed by atoms with Crippen molar-refractivity contribution in [1.82, 2.24) is 29.7 Å². The standard InChI is InChI=1S/C24H24N8O/c1-16(2)32-15-21(14-29-32)30-24-27-12-19(13-28-24)22-8-7-18(11-25)23(31-22)33-17(3)10-20-6-4-5-9-26-20/h4-9,12-17H,10H2,1-3H3,(H,27,28,30). The van der Waals surface area contributed by atoms with Crippen molar-refractivity contribution in [2.75, 3.05) is 5.32 Å². The van der Waals surface area contributed by atoms with Crippen molar-refractivity contribution in [2.45, 2.75) is 39.3 Å². The van der Waals surface area contributed by atoms with E-state index in [1.807, 2.05) is 36.0 Å². The molecule has 0 aliphatic rings. The molecule has 0 spiro atoms. The third kappa shape index (κ3) is 5.49. The van der Waals surface area contributed by atoms with Gasteiger partial charge < -0.3 is 10.1 Å². The normalized spacial score (nSPS) is 11.7. The van der Waals surface area contributed by atoms with Gasteiger partial charge in [0.2, 0.25) is 11.8 Å². The second kappa shape index (κ2) is 9.87. The van der Waals surface area contributed by atoms with Gasteiger partial charge in [0.25, 0.3) is 0 Å². The first-order valence-electron chi connectivity index (χ1n) is 10.6. The molecule has 166 valence electrons. The summed E-state index contributed by atoms with van der Waals surface area (Å²) in [5, 5.41) is 16.9. The van der Waals surface area contributed by atoms with Gasteiger partial charge in [-0.3, -0.25) is 9.67 Å². The van der Waals surface area contributed by atoms with Gasteiger partial charge in [0.1, 0.15) is 17.7 Å². The van der Waals surface area contributed by atoms with Crippen molar-refractivity contribution in [1.29, 1.82) is 5.26 Å². The lowest BCUT2D eigenvalue weighted by atomic mass is 10.2. The Morgan fingerprint density at radius 1 is 1.06 bits per heavy atom. The minimum absolute atomic E-state index is 0.204. The monoisotopic (exact) mass is 440 g/mol. The summed E-state index contributed by atoms with van der Waals surface area (Å²) < 4.78 is 7.85. The summed E-state index contributed by atoms with van der Waals surface area (Å²) in [7, 11) is 0. The molecule has 33 heavy (non-hydrogen) atoms. The molecule has 0 radical (unpaired) electrons. The largest absolute Gasteiger partial charge is 0.473 e. The molecule has 4 aromatic rings. The first-order valence-corrected chi connectivity index (χ1v) is 10.6. The molecule has 1 unspecified atom stereocenters. The zero-order valence-electron chi connectivity index (χ0n) is 18.7. The van der Waals surface area contributed by atoms with E-state index in [0.29, 0.717) is 29.2 Å². The molecule has 0 saturated carbocycles. The molecule has 0 fully saturated rings. The van der Waals surface area contributed by atoms with Crippen LogP contribution in [0.1, 0.15) is 38.1 Å². The van der Waals surface area contributed by atoms with Crippen LogP contribution < -0.4 is 10.1 Å². The molecule has 0 saturated heterocycles. The maximum absolute atomic E-state index is 9.47. The molecule has 1 N–H and O–H groups in total. The van der Waals surface area contributed by atoms with Crippen LogP contribution in [0.15, 0.2) is 61.3 Å². The summed E-state index contributed by atoms with van der Waals surface area (Å²) in [6.45, 7) is 6.04. The Kier molecular flexibility index (Phi) is 6.55. The number of ether oxygens (including phenoxy) is 1. The lowest BCUT2D eigenvalue weighted by Gasteiger charge is -2.15. The van der Waals surface area contributed by atoms with Crippen molar-refractivity contribution in [3.63, 3.8) is 0 Å². The minimum atomic E-state index is -0.204. The van der Waals surface area contributed by atoms with Gasteiger partial charge in [-0.25, -0.2) is 15.0 Å². The van der Waals surface area contributed by atoms with Crippen molar-refractivity contribution < 1.29 is 4.74 Å². The van der Waals surface area contributed by atoms with Crippen LogP contribution in [0.4, 0.5) is 11.6 Å². The van der Waals surface area contributed by atoms with E-state index in [9.17, 15) is 5.26 Å². The van der Waals surface area contributed by atoms with Crippen molar-refractivity contribution >= 4 is 11.6 Å². The Bertz CT molecular complexity index is 1250. The maximum Gasteiger partial charge on any atom is 0.232 e. The molecule has 0 bridgehead atoms. The van der Waals surface area contributed by atoms with E-state index in [0.717, 1.165) is 11.4 Å². The van der Waals surface area contributed by atoms with Crippen LogP contribution in [0.3, 0.4) is 0 Å². The van der Waals surface area contributed by atoms with Gasteiger partial charge >= 0.3 is 0 Å². The van der Waals surface area contributed by atoms with Crippen molar-refractivity contribution in [3.8, 4) is 23.2 Å². The number of rotatable bonds is 8. The van der Waals surface area contributed by atoms with E-state index in [2.05, 4.69) is 50.3 Å². The maximum atomic E-state index is 9.47. The van der Waals surface area contributed by atoms with Crippen LogP contribution in [0, 0.1) is 11.3 Å². The van der Waals surface area contributed by atoms with Gasteiger partial charge in [-0.2, -0.15) is 10.4 Å². The van der Waals surface area contributed by atoms with Crippen LogP contribution in [0.2, 0.25) is 0 Å². The SMILES string of the molecule is CC(Cc1ccccn1)Oc1nc(-c2cnc(Nc3cnn(C(C)C)c3)nc2)ccc1C#N. The smallest absolute Gasteiger partial charge is 0.232 e. The minimum Gasteiger partial charge on any atom is -0.473 e. The second-order valence-electron chi connectivity index (χ2n) is 7.84. The van der Waals surface area contributed by atoms with Crippen LogP contribution in [-0.4, -0.2) is 35.8 Å². The van der Waals surface area contributed by atoms with Gasteiger partial charge in [0.05, 0.1) is 17.6 Å². The number of aromatic nitrogens is 6. The Morgan fingerprint density at radius 2 is 1.88 bits per heavy atom. The average Bonchev–Trinajstić information content (AvgIpc) is 3.29. The highest BCUT2D eigenvalue weighted by molar-refractivity contribution is 5.61. The van der Waals surface area contributed by atoms with E-state index < -0.39 is 0 Å². The van der Waals surface area contributed by atoms with Gasteiger partial charge in [-0.05, 0) is 45.0 Å². The number of nitrogens with zero attached hydrogens (tertiary/aromatic N) is 7. The third-order valence-corrected chi connectivity index (χ3v) is 4.85. The van der Waals surface area contributed by atoms with Crippen LogP contribution in [0.25, 0.3) is 11.3 Å². The molecule has 0 amide bonds. The Balaban J connectivity index is 1.48. The molecular weight excluding hydrogens is 416 g/mol. The molecule has 0 aliphatic carbocycles. The highest BCUT2D eigenvalue weighted by atomic mass is 16.5. The van der Waals surface area contributed by atoms with Crippen molar-refractivity contribution in [2.24, 2.45) is 0 Å². The van der Waals surface area contributed by atoms with E-state index in [1.165, 1.54) is 0 Å². The van der Waals surface area contributed by atoms with E-state index in [1.54, 1.807) is 36.9 Å². The molecule has 1 atom stereocenters. The molecule has 4 rings (SSSR count). The quantitative estimate of drug-likeness (QED) is 0.430. The molecule has 0 aromatic carbocycles. The summed E-state index contributed by atoms with van der Waals surface area (Å²) in [6.07, 6.45) is 9.14. The summed E-state index contributed by atoms with van der Waals surface area (Å²) in [5.74, 6) is 0.734. The Morgan fingerprint density at radius 3 is 2.55 bits per heavy atom. The van der Waals surface area contributed by atoms with Gasteiger partial charge in [0.15, 0.2) is 0 Å². The highest BCUT2D eigenvalue weighted by Crippen LogP contribution is 2.24. The fourth-order valence-electron chi connectivity index (χ4n) is 3.16.